The summed E-state index contributed by atoms with van der Waals surface area (Å²) in [5, 5.41) is 23.8. The summed E-state index contributed by atoms with van der Waals surface area (Å²) in [6.45, 7) is 0. The second-order valence-electron chi connectivity index (χ2n) is 4.53. The molecule has 0 bridgehead atoms. The second-order valence-corrected chi connectivity index (χ2v) is 4.53. The molecular weight excluding hydrogens is 306 g/mol. The van der Waals surface area contributed by atoms with Crippen LogP contribution in [0.1, 0.15) is 10.4 Å². The van der Waals surface area contributed by atoms with Gasteiger partial charge in [-0.25, -0.2) is 0 Å². The van der Waals surface area contributed by atoms with E-state index in [1.807, 2.05) is 0 Å². The minimum Gasteiger partial charge on any atom is -0.497 e. The number of para-hydroxylation sites is 1. The zero-order chi connectivity index (χ0) is 17.4. The van der Waals surface area contributed by atoms with E-state index in [4.69, 9.17) is 15.3 Å². The zero-order valence-electron chi connectivity index (χ0n) is 12.8. The zero-order valence-corrected chi connectivity index (χ0v) is 12.8. The molecule has 0 spiro atoms. The number of hydrogen-bond donors (Lipinski definition) is 2. The van der Waals surface area contributed by atoms with Crippen LogP contribution in [-0.4, -0.2) is 18.7 Å². The van der Waals surface area contributed by atoms with Gasteiger partial charge in [0.1, 0.15) is 17.9 Å². The van der Waals surface area contributed by atoms with Crippen molar-refractivity contribution in [3.63, 3.8) is 0 Å². The van der Waals surface area contributed by atoms with Crippen molar-refractivity contribution in [1.29, 1.82) is 10.5 Å². The molecule has 0 unspecified atom stereocenters. The molecule has 0 aromatic heterocycles. The molecule has 0 atom stereocenters. The molecule has 0 radical (unpaired) electrons. The van der Waals surface area contributed by atoms with Crippen LogP contribution in [0, 0.1) is 22.7 Å². The van der Waals surface area contributed by atoms with Crippen LogP contribution in [0.3, 0.4) is 0 Å². The van der Waals surface area contributed by atoms with E-state index in [9.17, 15) is 4.79 Å². The Bertz CT molecular complexity index is 846. The van der Waals surface area contributed by atoms with Crippen LogP contribution >= 0.6 is 0 Å². The number of anilines is 2. The molecule has 0 saturated carbocycles. The number of nitrogens with zero attached hydrogens (tertiary/aromatic N) is 3. The van der Waals surface area contributed by atoms with Crippen LogP contribution < -0.4 is 15.5 Å². The highest BCUT2D eigenvalue weighted by atomic mass is 16.5. The second kappa shape index (κ2) is 7.97. The minimum atomic E-state index is -0.364. The summed E-state index contributed by atoms with van der Waals surface area (Å²) in [5.74, 6) is 0.258. The van der Waals surface area contributed by atoms with Crippen molar-refractivity contribution in [2.24, 2.45) is 5.10 Å². The van der Waals surface area contributed by atoms with Crippen LogP contribution in [0.4, 0.5) is 11.4 Å². The van der Waals surface area contributed by atoms with Gasteiger partial charge in [0.15, 0.2) is 0 Å². The standard InChI is InChI=1S/C17H13N5O2/c1-24-14-6-4-5-12(9-14)20-17(23)15-7-2-3-8-16(15)22-21-13(10-18)11-19/h2-9,22H,1H3,(H,20,23). The van der Waals surface area contributed by atoms with Gasteiger partial charge in [-0.15, -0.1) is 0 Å². The van der Waals surface area contributed by atoms with Gasteiger partial charge in [-0.05, 0) is 24.3 Å². The fourth-order valence-electron chi connectivity index (χ4n) is 1.87. The van der Waals surface area contributed by atoms with Crippen molar-refractivity contribution < 1.29 is 9.53 Å². The lowest BCUT2D eigenvalue weighted by Gasteiger charge is -2.10. The number of benzene rings is 2. The van der Waals surface area contributed by atoms with Crippen molar-refractivity contribution in [2.45, 2.75) is 0 Å². The minimum absolute atomic E-state index is 0.319. The first-order valence-corrected chi connectivity index (χ1v) is 6.86. The Kier molecular flexibility index (Phi) is 5.49. The van der Waals surface area contributed by atoms with Gasteiger partial charge in [0.2, 0.25) is 5.71 Å². The Hall–Kier alpha value is -3.84. The Morgan fingerprint density at radius 2 is 1.88 bits per heavy atom. The van der Waals surface area contributed by atoms with Gasteiger partial charge in [-0.1, -0.05) is 18.2 Å². The first-order valence-electron chi connectivity index (χ1n) is 6.86. The monoisotopic (exact) mass is 319 g/mol. The number of methoxy groups -OCH3 is 1. The Morgan fingerprint density at radius 1 is 1.12 bits per heavy atom. The van der Waals surface area contributed by atoms with Crippen LogP contribution in [0.2, 0.25) is 0 Å². The summed E-state index contributed by atoms with van der Waals surface area (Å²) in [5.41, 5.74) is 3.50. The molecule has 0 aliphatic heterocycles. The van der Waals surface area contributed by atoms with Crippen LogP contribution in [0.15, 0.2) is 53.6 Å². The molecule has 2 aromatic rings. The number of carbonyl (C=O) groups excluding carboxylic acids is 1. The summed E-state index contributed by atoms with van der Waals surface area (Å²) < 4.78 is 5.11. The quantitative estimate of drug-likeness (QED) is 0.650. The smallest absolute Gasteiger partial charge is 0.257 e. The highest BCUT2D eigenvalue weighted by molar-refractivity contribution is 6.11. The third-order valence-corrected chi connectivity index (χ3v) is 3.00. The third kappa shape index (κ3) is 4.09. The maximum absolute atomic E-state index is 12.4. The van der Waals surface area contributed by atoms with Crippen molar-refractivity contribution in [1.82, 2.24) is 0 Å². The van der Waals surface area contributed by atoms with Crippen molar-refractivity contribution in [3.05, 3.63) is 54.1 Å². The van der Waals surface area contributed by atoms with E-state index < -0.39 is 0 Å². The number of rotatable bonds is 5. The van der Waals surface area contributed by atoms with Crippen LogP contribution in [-0.2, 0) is 0 Å². The summed E-state index contributed by atoms with van der Waals surface area (Å²) in [4.78, 5) is 12.4. The number of hydrogen-bond acceptors (Lipinski definition) is 6. The third-order valence-electron chi connectivity index (χ3n) is 3.00. The van der Waals surface area contributed by atoms with Gasteiger partial charge >= 0.3 is 0 Å². The molecule has 7 nitrogen and oxygen atoms in total. The van der Waals surface area contributed by atoms with Gasteiger partial charge < -0.3 is 10.1 Å². The van der Waals surface area contributed by atoms with Crippen molar-refractivity contribution >= 4 is 23.0 Å². The molecule has 2 aromatic carbocycles. The molecule has 0 fully saturated rings. The Morgan fingerprint density at radius 3 is 2.58 bits per heavy atom. The van der Waals surface area contributed by atoms with Crippen molar-refractivity contribution in [3.8, 4) is 17.9 Å². The number of nitriles is 2. The molecule has 1 amide bonds. The molecule has 2 rings (SSSR count). The SMILES string of the molecule is COc1cccc(NC(=O)c2ccccc2NN=C(C#N)C#N)c1. The van der Waals surface area contributed by atoms with E-state index in [1.54, 1.807) is 67.8 Å². The Labute approximate surface area is 138 Å². The lowest BCUT2D eigenvalue weighted by Crippen LogP contribution is -2.14. The number of ether oxygens (including phenoxy) is 1. The molecule has 0 saturated heterocycles. The summed E-state index contributed by atoms with van der Waals surface area (Å²) in [6.07, 6.45) is 0. The largest absolute Gasteiger partial charge is 0.497 e. The number of carbonyl (C=O) groups is 1. The maximum atomic E-state index is 12.4. The van der Waals surface area contributed by atoms with Crippen LogP contribution in [0.25, 0.3) is 0 Å². The van der Waals surface area contributed by atoms with E-state index in [2.05, 4.69) is 15.8 Å². The van der Waals surface area contributed by atoms with E-state index in [1.165, 1.54) is 0 Å². The molecule has 118 valence electrons. The van der Waals surface area contributed by atoms with Gasteiger partial charge in [-0.2, -0.15) is 15.6 Å². The fraction of sp³-hybridized carbons (Fsp3) is 0.0588. The molecular formula is C17H13N5O2. The molecule has 7 heteroatoms. The molecule has 0 heterocycles. The predicted octanol–water partition coefficient (Wildman–Crippen LogP) is 2.76. The number of hydrazone groups is 1. The lowest BCUT2D eigenvalue weighted by atomic mass is 10.1. The van der Waals surface area contributed by atoms with Gasteiger partial charge in [0.05, 0.1) is 18.4 Å². The first-order chi connectivity index (χ1) is 11.7. The summed E-state index contributed by atoms with van der Waals surface area (Å²) >= 11 is 0. The summed E-state index contributed by atoms with van der Waals surface area (Å²) in [7, 11) is 1.54. The summed E-state index contributed by atoms with van der Waals surface area (Å²) in [6, 6.07) is 16.9. The number of amides is 1. The molecule has 0 aliphatic carbocycles. The van der Waals surface area contributed by atoms with Crippen molar-refractivity contribution in [2.75, 3.05) is 17.9 Å². The highest BCUT2D eigenvalue weighted by Crippen LogP contribution is 2.20. The molecule has 24 heavy (non-hydrogen) atoms. The number of nitrogens with one attached hydrogen (secondary N) is 2. The Balaban J connectivity index is 2.22. The molecule has 2 N–H and O–H groups in total. The topological polar surface area (TPSA) is 110 Å². The first kappa shape index (κ1) is 16.5. The maximum Gasteiger partial charge on any atom is 0.257 e. The molecule has 0 aliphatic rings. The van der Waals surface area contributed by atoms with E-state index in [-0.39, 0.29) is 11.6 Å². The van der Waals surface area contributed by atoms with E-state index in [0.717, 1.165) is 0 Å². The normalized spacial score (nSPS) is 9.12. The van der Waals surface area contributed by atoms with E-state index in [0.29, 0.717) is 22.7 Å². The van der Waals surface area contributed by atoms with Crippen LogP contribution in [0.5, 0.6) is 5.75 Å². The highest BCUT2D eigenvalue weighted by Gasteiger charge is 2.11. The fourth-order valence-corrected chi connectivity index (χ4v) is 1.87. The van der Waals surface area contributed by atoms with Gasteiger partial charge in [0, 0.05) is 11.8 Å². The van der Waals surface area contributed by atoms with E-state index >= 15 is 0 Å². The predicted molar refractivity (Wildman–Crippen MR) is 89.7 cm³/mol. The average molecular weight is 319 g/mol. The van der Waals surface area contributed by atoms with Gasteiger partial charge in [-0.3, -0.25) is 10.2 Å². The lowest BCUT2D eigenvalue weighted by molar-refractivity contribution is 0.102. The average Bonchev–Trinajstić information content (AvgIpc) is 2.63. The van der Waals surface area contributed by atoms with Gasteiger partial charge in [0.25, 0.3) is 5.91 Å².